The first-order valence-corrected chi connectivity index (χ1v) is 7.32. The molecule has 2 aliphatic carbocycles. The van der Waals surface area contributed by atoms with E-state index in [9.17, 15) is 4.79 Å². The number of carbonyl (C=O) groups excluding carboxylic acids is 1. The van der Waals surface area contributed by atoms with Gasteiger partial charge < -0.3 is 0 Å². The highest BCUT2D eigenvalue weighted by Gasteiger charge is 2.44. The van der Waals surface area contributed by atoms with Crippen LogP contribution in [0, 0.1) is 17.3 Å². The smallest absolute Gasteiger partial charge is 0.155 e. The van der Waals surface area contributed by atoms with E-state index in [2.05, 4.69) is 27.4 Å². The van der Waals surface area contributed by atoms with Crippen LogP contribution in [-0.4, -0.2) is 5.78 Å². The number of carbonyl (C=O) groups is 1. The minimum atomic E-state index is 0.279. The molecule has 0 bridgehead atoms. The molecule has 0 radical (unpaired) electrons. The Bertz CT molecular complexity index is 390. The van der Waals surface area contributed by atoms with Gasteiger partial charge in [0.15, 0.2) is 5.78 Å². The fourth-order valence-corrected chi connectivity index (χ4v) is 3.97. The van der Waals surface area contributed by atoms with Crippen molar-refractivity contribution in [3.63, 3.8) is 0 Å². The molecule has 0 N–H and O–H groups in total. The van der Waals surface area contributed by atoms with E-state index in [1.54, 1.807) is 0 Å². The van der Waals surface area contributed by atoms with Gasteiger partial charge >= 0.3 is 0 Å². The van der Waals surface area contributed by atoms with Crippen molar-refractivity contribution in [2.24, 2.45) is 17.3 Å². The average Bonchev–Trinajstić information content (AvgIpc) is 2.29. The van der Waals surface area contributed by atoms with Crippen LogP contribution in [0.1, 0.15) is 59.3 Å². The number of ketones is 1. The lowest BCUT2D eigenvalue weighted by atomic mass is 9.55. The van der Waals surface area contributed by atoms with Gasteiger partial charge in [0.25, 0.3) is 0 Å². The van der Waals surface area contributed by atoms with Crippen LogP contribution in [0.15, 0.2) is 23.8 Å². The van der Waals surface area contributed by atoms with Gasteiger partial charge in [-0.05, 0) is 62.4 Å². The number of fused-ring (bicyclic) bond motifs is 1. The second-order valence-corrected chi connectivity index (χ2v) is 6.67. The molecular weight excluding hydrogens is 220 g/mol. The fourth-order valence-electron chi connectivity index (χ4n) is 3.97. The lowest BCUT2D eigenvalue weighted by molar-refractivity contribution is -0.116. The number of hydrogen-bond acceptors (Lipinski definition) is 1. The molecule has 18 heavy (non-hydrogen) atoms. The maximum atomic E-state index is 11.6. The monoisotopic (exact) mass is 246 g/mol. The molecule has 0 aliphatic heterocycles. The largest absolute Gasteiger partial charge is 0.295 e. The number of hydrogen-bond donors (Lipinski definition) is 0. The summed E-state index contributed by atoms with van der Waals surface area (Å²) in [7, 11) is 0. The third-order valence-electron chi connectivity index (χ3n) is 5.22. The zero-order chi connectivity index (χ0) is 13.3. The molecule has 0 aromatic rings. The summed E-state index contributed by atoms with van der Waals surface area (Å²) in [6.45, 7) is 10.9. The average molecular weight is 246 g/mol. The Morgan fingerprint density at radius 3 is 2.89 bits per heavy atom. The van der Waals surface area contributed by atoms with Crippen LogP contribution in [0.4, 0.5) is 0 Å². The van der Waals surface area contributed by atoms with Gasteiger partial charge in [-0.15, -0.1) is 6.58 Å². The molecule has 2 aliphatic rings. The summed E-state index contributed by atoms with van der Waals surface area (Å²) in [4.78, 5) is 11.6. The van der Waals surface area contributed by atoms with Crippen molar-refractivity contribution < 1.29 is 4.79 Å². The van der Waals surface area contributed by atoms with Gasteiger partial charge in [-0.2, -0.15) is 0 Å². The predicted octanol–water partition coefficient (Wildman–Crippen LogP) is 4.68. The molecule has 0 heterocycles. The second kappa shape index (κ2) is 5.03. The van der Waals surface area contributed by atoms with Crippen LogP contribution < -0.4 is 0 Å². The highest BCUT2D eigenvalue weighted by molar-refractivity contribution is 5.91. The third-order valence-corrected chi connectivity index (χ3v) is 5.22. The molecule has 0 spiro atoms. The highest BCUT2D eigenvalue weighted by Crippen LogP contribution is 2.54. The van der Waals surface area contributed by atoms with E-state index in [4.69, 9.17) is 0 Å². The molecule has 0 aromatic carbocycles. The zero-order valence-corrected chi connectivity index (χ0v) is 12.1. The Kier molecular flexibility index (Phi) is 3.79. The maximum absolute atomic E-state index is 11.6. The van der Waals surface area contributed by atoms with Crippen LogP contribution >= 0.6 is 0 Å². The fraction of sp³-hybridized carbons (Fsp3) is 0.706. The van der Waals surface area contributed by atoms with Gasteiger partial charge in [0.2, 0.25) is 0 Å². The highest BCUT2D eigenvalue weighted by atomic mass is 16.1. The molecule has 1 saturated carbocycles. The van der Waals surface area contributed by atoms with E-state index in [0.29, 0.717) is 5.78 Å². The molecule has 0 unspecified atom stereocenters. The number of allylic oxidation sites excluding steroid dienone is 3. The molecular formula is C17H26O. The summed E-state index contributed by atoms with van der Waals surface area (Å²) in [5.41, 5.74) is 3.00. The topological polar surface area (TPSA) is 17.1 Å². The molecule has 0 amide bonds. The lowest BCUT2D eigenvalue weighted by Crippen LogP contribution is -2.40. The van der Waals surface area contributed by atoms with Crippen molar-refractivity contribution in [1.82, 2.24) is 0 Å². The first-order valence-electron chi connectivity index (χ1n) is 7.32. The quantitative estimate of drug-likeness (QED) is 0.660. The predicted molar refractivity (Wildman–Crippen MR) is 76.4 cm³/mol. The Hall–Kier alpha value is -0.850. The summed E-state index contributed by atoms with van der Waals surface area (Å²) < 4.78 is 0. The van der Waals surface area contributed by atoms with Gasteiger partial charge in [0.05, 0.1) is 0 Å². The third kappa shape index (κ3) is 2.46. The van der Waals surface area contributed by atoms with Gasteiger partial charge in [-0.25, -0.2) is 0 Å². The minimum Gasteiger partial charge on any atom is -0.295 e. The van der Waals surface area contributed by atoms with Gasteiger partial charge in [0.1, 0.15) is 0 Å². The minimum absolute atomic E-state index is 0.279. The van der Waals surface area contributed by atoms with Crippen molar-refractivity contribution in [1.29, 1.82) is 0 Å². The van der Waals surface area contributed by atoms with E-state index in [1.165, 1.54) is 24.0 Å². The summed E-state index contributed by atoms with van der Waals surface area (Å²) in [6.07, 6.45) is 8.51. The van der Waals surface area contributed by atoms with Crippen LogP contribution in [0.25, 0.3) is 0 Å². The van der Waals surface area contributed by atoms with Crippen molar-refractivity contribution in [3.05, 3.63) is 23.8 Å². The summed E-state index contributed by atoms with van der Waals surface area (Å²) in [5.74, 6) is 1.85. The summed E-state index contributed by atoms with van der Waals surface area (Å²) in [5, 5.41) is 0. The van der Waals surface area contributed by atoms with E-state index < -0.39 is 0 Å². The van der Waals surface area contributed by atoms with Crippen molar-refractivity contribution in [3.8, 4) is 0 Å². The molecule has 100 valence electrons. The zero-order valence-electron chi connectivity index (χ0n) is 12.1. The molecule has 0 saturated heterocycles. The summed E-state index contributed by atoms with van der Waals surface area (Å²) in [6, 6.07) is 0. The van der Waals surface area contributed by atoms with E-state index >= 15 is 0 Å². The lowest BCUT2D eigenvalue weighted by Gasteiger charge is -2.49. The normalized spacial score (nSPS) is 35.9. The first kappa shape index (κ1) is 13.6. The van der Waals surface area contributed by atoms with Crippen LogP contribution in [0.3, 0.4) is 0 Å². The van der Waals surface area contributed by atoms with Gasteiger partial charge in [-0.3, -0.25) is 4.79 Å². The van der Waals surface area contributed by atoms with E-state index in [-0.39, 0.29) is 5.41 Å². The van der Waals surface area contributed by atoms with Crippen molar-refractivity contribution >= 4 is 5.78 Å². The SMILES string of the molecule is C=C(C)CC[C@@H]1[C@H](C)CCC2=CC(=O)CC[C@]21C. The molecule has 1 nitrogen and oxygen atoms in total. The van der Waals surface area contributed by atoms with Crippen molar-refractivity contribution in [2.45, 2.75) is 59.3 Å². The van der Waals surface area contributed by atoms with Crippen LogP contribution in [0.5, 0.6) is 0 Å². The maximum Gasteiger partial charge on any atom is 0.155 e. The standard InChI is InChI=1S/C17H26O/c1-12(2)5-8-16-13(3)6-7-14-11-15(18)9-10-17(14,16)4/h11,13,16H,1,5-10H2,2-4H3/t13-,16-,17-/m1/s1. The summed E-state index contributed by atoms with van der Waals surface area (Å²) >= 11 is 0. The van der Waals surface area contributed by atoms with Gasteiger partial charge in [-0.1, -0.05) is 25.0 Å². The Balaban J connectivity index is 2.22. The van der Waals surface area contributed by atoms with Crippen molar-refractivity contribution in [2.75, 3.05) is 0 Å². The molecule has 2 rings (SSSR count). The van der Waals surface area contributed by atoms with E-state index in [0.717, 1.165) is 37.5 Å². The molecule has 1 fully saturated rings. The number of rotatable bonds is 3. The van der Waals surface area contributed by atoms with Crippen LogP contribution in [-0.2, 0) is 4.79 Å². The molecule has 1 heteroatoms. The Morgan fingerprint density at radius 1 is 1.50 bits per heavy atom. The Labute approximate surface area is 111 Å². The molecule has 0 aromatic heterocycles. The van der Waals surface area contributed by atoms with E-state index in [1.807, 2.05) is 6.08 Å². The second-order valence-electron chi connectivity index (χ2n) is 6.67. The molecule has 3 atom stereocenters. The van der Waals surface area contributed by atoms with Crippen LogP contribution in [0.2, 0.25) is 0 Å². The Morgan fingerprint density at radius 2 is 2.22 bits per heavy atom. The first-order chi connectivity index (χ1) is 8.43. The van der Waals surface area contributed by atoms with Gasteiger partial charge in [0, 0.05) is 6.42 Å².